The zero-order chi connectivity index (χ0) is 17.5. The second-order valence-electron chi connectivity index (χ2n) is 4.28. The molecule has 1 aromatic carbocycles. The molecule has 1 atom stereocenters. The Labute approximate surface area is 136 Å². The first-order chi connectivity index (χ1) is 10.6. The molecule has 0 aliphatic heterocycles. The highest BCUT2D eigenvalue weighted by atomic mass is 15.2. The fraction of sp³-hybridized carbons (Fsp3) is 0.368. The molecule has 0 amide bonds. The Morgan fingerprint density at radius 3 is 2.09 bits per heavy atom. The largest absolute Gasteiger partial charge is 0.333 e. The maximum absolute atomic E-state index is 5.47. The molecule has 0 aliphatic carbocycles. The maximum Gasteiger partial charge on any atom is 0.0432 e. The van der Waals surface area contributed by atoms with Crippen molar-refractivity contribution in [3.8, 4) is 0 Å². The number of benzene rings is 1. The molecular formula is C19H33N3. The minimum atomic E-state index is 0.0297. The van der Waals surface area contributed by atoms with Crippen LogP contribution in [0, 0.1) is 0 Å². The van der Waals surface area contributed by atoms with Gasteiger partial charge in [0.05, 0.1) is 0 Å². The average molecular weight is 303 g/mol. The van der Waals surface area contributed by atoms with Crippen LogP contribution in [-0.2, 0) is 6.42 Å². The molecule has 0 aliphatic rings. The summed E-state index contributed by atoms with van der Waals surface area (Å²) < 4.78 is 0. The van der Waals surface area contributed by atoms with Crippen LogP contribution in [0.2, 0.25) is 0 Å². The predicted molar refractivity (Wildman–Crippen MR) is 101 cm³/mol. The zero-order valence-electron chi connectivity index (χ0n) is 14.8. The Bertz CT molecular complexity index is 444. The van der Waals surface area contributed by atoms with Gasteiger partial charge in [0.15, 0.2) is 0 Å². The highest BCUT2D eigenvalue weighted by Crippen LogP contribution is 2.24. The summed E-state index contributed by atoms with van der Waals surface area (Å²) >= 11 is 0. The Morgan fingerprint density at radius 2 is 1.73 bits per heavy atom. The minimum Gasteiger partial charge on any atom is -0.333 e. The van der Waals surface area contributed by atoms with Crippen LogP contribution >= 0.6 is 0 Å². The first-order valence-corrected chi connectivity index (χ1v) is 7.79. The molecule has 0 saturated carbocycles. The van der Waals surface area contributed by atoms with Gasteiger partial charge in [-0.3, -0.25) is 11.3 Å². The highest BCUT2D eigenvalue weighted by molar-refractivity contribution is 5.80. The molecule has 0 radical (unpaired) electrons. The summed E-state index contributed by atoms with van der Waals surface area (Å²) in [5.41, 5.74) is 11.7. The standard InChI is InChI=1S/C16H22N2.C2H6.CH5N/c1-5-7-16(12(3)13(4)18-17)15-10-8-14(6-2)9-11-15;2*1-2/h5,7-11,13,18H,1,3,6,17H2,2,4H3;1-2H3;2H2,1H3/b16-7+;;. The number of nitrogens with one attached hydrogen (secondary N) is 1. The number of rotatable bonds is 6. The van der Waals surface area contributed by atoms with Crippen LogP contribution in [0.3, 0.4) is 0 Å². The van der Waals surface area contributed by atoms with E-state index in [0.717, 1.165) is 23.1 Å². The van der Waals surface area contributed by atoms with Crippen LogP contribution < -0.4 is 17.0 Å². The first-order valence-electron chi connectivity index (χ1n) is 7.79. The highest BCUT2D eigenvalue weighted by Gasteiger charge is 2.11. The lowest BCUT2D eigenvalue weighted by Gasteiger charge is -2.17. The van der Waals surface area contributed by atoms with Gasteiger partial charge in [-0.05, 0) is 42.7 Å². The van der Waals surface area contributed by atoms with E-state index in [4.69, 9.17) is 5.84 Å². The quantitative estimate of drug-likeness (QED) is 0.425. The average Bonchev–Trinajstić information content (AvgIpc) is 2.62. The topological polar surface area (TPSA) is 64.1 Å². The van der Waals surface area contributed by atoms with Gasteiger partial charge in [-0.15, -0.1) is 0 Å². The van der Waals surface area contributed by atoms with Gasteiger partial charge >= 0.3 is 0 Å². The third-order valence-electron chi connectivity index (χ3n) is 3.08. The van der Waals surface area contributed by atoms with Gasteiger partial charge in [0, 0.05) is 6.04 Å². The van der Waals surface area contributed by atoms with E-state index in [0.29, 0.717) is 0 Å². The molecule has 3 nitrogen and oxygen atoms in total. The van der Waals surface area contributed by atoms with E-state index in [-0.39, 0.29) is 6.04 Å². The zero-order valence-corrected chi connectivity index (χ0v) is 14.8. The van der Waals surface area contributed by atoms with E-state index in [1.54, 1.807) is 6.08 Å². The molecule has 0 fully saturated rings. The van der Waals surface area contributed by atoms with E-state index < -0.39 is 0 Å². The van der Waals surface area contributed by atoms with E-state index >= 15 is 0 Å². The van der Waals surface area contributed by atoms with Crippen molar-refractivity contribution in [2.24, 2.45) is 11.6 Å². The maximum atomic E-state index is 5.47. The van der Waals surface area contributed by atoms with Gasteiger partial charge in [0.1, 0.15) is 0 Å². The van der Waals surface area contributed by atoms with Gasteiger partial charge in [-0.2, -0.15) is 0 Å². The Kier molecular flexibility index (Phi) is 14.7. The van der Waals surface area contributed by atoms with Crippen molar-refractivity contribution in [1.29, 1.82) is 0 Å². The van der Waals surface area contributed by atoms with Crippen molar-refractivity contribution in [1.82, 2.24) is 5.43 Å². The summed E-state index contributed by atoms with van der Waals surface area (Å²) in [4.78, 5) is 0. The van der Waals surface area contributed by atoms with Crippen molar-refractivity contribution in [2.75, 3.05) is 7.05 Å². The summed E-state index contributed by atoms with van der Waals surface area (Å²) in [6, 6.07) is 8.53. The second kappa shape index (κ2) is 14.3. The van der Waals surface area contributed by atoms with E-state index in [9.17, 15) is 0 Å². The summed E-state index contributed by atoms with van der Waals surface area (Å²) in [6.07, 6.45) is 4.79. The molecule has 1 unspecified atom stereocenters. The molecule has 0 saturated heterocycles. The minimum absolute atomic E-state index is 0.0297. The number of hydrogen-bond donors (Lipinski definition) is 3. The van der Waals surface area contributed by atoms with Crippen molar-refractivity contribution in [3.05, 3.63) is 66.3 Å². The normalized spacial score (nSPS) is 11.3. The number of hydrogen-bond acceptors (Lipinski definition) is 3. The van der Waals surface area contributed by atoms with Crippen molar-refractivity contribution >= 4 is 5.57 Å². The summed E-state index contributed by atoms with van der Waals surface area (Å²) in [6.45, 7) is 16.0. The Balaban J connectivity index is 0. The van der Waals surface area contributed by atoms with Crippen molar-refractivity contribution in [3.63, 3.8) is 0 Å². The number of nitrogens with two attached hydrogens (primary N) is 2. The SMILES string of the molecule is C=C/C=C(\C(=C)C(C)NN)c1ccc(CC)cc1.CC.CN. The fourth-order valence-electron chi connectivity index (χ4n) is 1.76. The molecule has 1 aromatic rings. The van der Waals surface area contributed by atoms with Crippen molar-refractivity contribution < 1.29 is 0 Å². The van der Waals surface area contributed by atoms with Gasteiger partial charge in [0.25, 0.3) is 0 Å². The number of allylic oxidation sites excluding steroid dienone is 2. The van der Waals surface area contributed by atoms with Gasteiger partial charge in [-0.25, -0.2) is 0 Å². The van der Waals surface area contributed by atoms with Gasteiger partial charge in [0.2, 0.25) is 0 Å². The van der Waals surface area contributed by atoms with Crippen LogP contribution in [0.5, 0.6) is 0 Å². The van der Waals surface area contributed by atoms with Crippen LogP contribution in [-0.4, -0.2) is 13.1 Å². The van der Waals surface area contributed by atoms with Crippen LogP contribution in [0.4, 0.5) is 0 Å². The predicted octanol–water partition coefficient (Wildman–Crippen LogP) is 3.83. The Morgan fingerprint density at radius 1 is 1.23 bits per heavy atom. The first kappa shape index (κ1) is 22.6. The van der Waals surface area contributed by atoms with Crippen LogP contribution in [0.25, 0.3) is 5.57 Å². The molecule has 0 bridgehead atoms. The van der Waals surface area contributed by atoms with Crippen LogP contribution in [0.15, 0.2) is 55.1 Å². The molecule has 0 aromatic heterocycles. The van der Waals surface area contributed by atoms with E-state index in [2.05, 4.69) is 55.5 Å². The molecule has 0 spiro atoms. The molecule has 5 N–H and O–H groups in total. The lowest BCUT2D eigenvalue weighted by molar-refractivity contribution is 0.654. The smallest absolute Gasteiger partial charge is 0.0432 e. The number of aryl methyl sites for hydroxylation is 1. The van der Waals surface area contributed by atoms with E-state index in [1.165, 1.54) is 12.6 Å². The molecule has 22 heavy (non-hydrogen) atoms. The van der Waals surface area contributed by atoms with Crippen molar-refractivity contribution in [2.45, 2.75) is 40.2 Å². The summed E-state index contributed by atoms with van der Waals surface area (Å²) in [5.74, 6) is 5.47. The molecule has 3 heteroatoms. The lowest BCUT2D eigenvalue weighted by atomic mass is 9.93. The van der Waals surface area contributed by atoms with Gasteiger partial charge < -0.3 is 5.73 Å². The number of hydrazine groups is 1. The van der Waals surface area contributed by atoms with Crippen LogP contribution in [0.1, 0.15) is 38.8 Å². The Hall–Kier alpha value is -1.68. The molecule has 0 heterocycles. The summed E-state index contributed by atoms with van der Waals surface area (Å²) in [5, 5.41) is 0. The third kappa shape index (κ3) is 7.36. The monoisotopic (exact) mass is 303 g/mol. The lowest BCUT2D eigenvalue weighted by Crippen LogP contribution is -2.34. The molecular weight excluding hydrogens is 270 g/mol. The second-order valence-corrected chi connectivity index (χ2v) is 4.28. The van der Waals surface area contributed by atoms with Gasteiger partial charge in [-0.1, -0.05) is 70.3 Å². The molecule has 1 rings (SSSR count). The third-order valence-corrected chi connectivity index (χ3v) is 3.08. The summed E-state index contributed by atoms with van der Waals surface area (Å²) in [7, 11) is 1.50. The fourth-order valence-corrected chi connectivity index (χ4v) is 1.76. The molecule has 124 valence electrons. The van der Waals surface area contributed by atoms with E-state index in [1.807, 2.05) is 26.8 Å².